The van der Waals surface area contributed by atoms with E-state index in [1.165, 1.54) is 31.5 Å². The van der Waals surface area contributed by atoms with Crippen LogP contribution in [0, 0.1) is 0 Å². The van der Waals surface area contributed by atoms with E-state index in [2.05, 4.69) is 10.6 Å². The van der Waals surface area contributed by atoms with Gasteiger partial charge in [-0.2, -0.15) is 0 Å². The second kappa shape index (κ2) is 8.43. The molecule has 1 aromatic carbocycles. The molecule has 9 heteroatoms. The van der Waals surface area contributed by atoms with Gasteiger partial charge in [0.1, 0.15) is 6.04 Å². The quantitative estimate of drug-likeness (QED) is 0.741. The Kier molecular flexibility index (Phi) is 6.52. The van der Waals surface area contributed by atoms with Crippen molar-refractivity contribution in [3.63, 3.8) is 0 Å². The third-order valence-electron chi connectivity index (χ3n) is 3.67. The number of nitrogens with zero attached hydrogens (tertiary/aromatic N) is 1. The third kappa shape index (κ3) is 4.69. The van der Waals surface area contributed by atoms with Crippen molar-refractivity contribution in [2.75, 3.05) is 14.1 Å². The summed E-state index contributed by atoms with van der Waals surface area (Å²) in [4.78, 5) is 24.9. The van der Waals surface area contributed by atoms with E-state index < -0.39 is 22.0 Å². The Morgan fingerprint density at radius 2 is 1.85 bits per heavy atom. The molecule has 7 nitrogen and oxygen atoms in total. The zero-order valence-electron chi connectivity index (χ0n) is 14.7. The maximum absolute atomic E-state index is 12.4. The standard InChI is InChI=1S/C17H21N3O4S2/c1-12(19-17(22)14-8-6-10-25-14)16(21)18-11-13-7-4-5-9-15(13)26(23,24)20(2)3/h4-10,12H,11H2,1-3H3,(H,18,21)(H,19,22). The van der Waals surface area contributed by atoms with Crippen molar-refractivity contribution in [3.8, 4) is 0 Å². The van der Waals surface area contributed by atoms with E-state index in [4.69, 9.17) is 0 Å². The van der Waals surface area contributed by atoms with Crippen molar-refractivity contribution >= 4 is 33.2 Å². The van der Waals surface area contributed by atoms with Gasteiger partial charge in [-0.1, -0.05) is 24.3 Å². The normalized spacial score (nSPS) is 12.6. The Labute approximate surface area is 157 Å². The molecule has 1 aromatic heterocycles. The summed E-state index contributed by atoms with van der Waals surface area (Å²) in [6, 6.07) is 9.16. The van der Waals surface area contributed by atoms with Gasteiger partial charge in [0.15, 0.2) is 0 Å². The fourth-order valence-corrected chi connectivity index (χ4v) is 3.92. The largest absolute Gasteiger partial charge is 0.350 e. The number of amides is 2. The highest BCUT2D eigenvalue weighted by Crippen LogP contribution is 2.18. The fraction of sp³-hybridized carbons (Fsp3) is 0.294. The minimum absolute atomic E-state index is 0.0429. The molecule has 0 aliphatic heterocycles. The predicted molar refractivity (Wildman–Crippen MR) is 100 cm³/mol. The zero-order chi connectivity index (χ0) is 19.3. The Morgan fingerprint density at radius 3 is 2.46 bits per heavy atom. The van der Waals surface area contributed by atoms with Crippen LogP contribution in [0.15, 0.2) is 46.7 Å². The van der Waals surface area contributed by atoms with Crippen LogP contribution in [0.5, 0.6) is 0 Å². The number of rotatable bonds is 7. The van der Waals surface area contributed by atoms with Gasteiger partial charge in [0.2, 0.25) is 15.9 Å². The summed E-state index contributed by atoms with van der Waals surface area (Å²) in [6.45, 7) is 1.62. The molecule has 2 N–H and O–H groups in total. The number of carbonyl (C=O) groups excluding carboxylic acids is 2. The van der Waals surface area contributed by atoms with Crippen molar-refractivity contribution < 1.29 is 18.0 Å². The van der Waals surface area contributed by atoms with Gasteiger partial charge in [0.25, 0.3) is 5.91 Å². The van der Waals surface area contributed by atoms with Gasteiger partial charge in [-0.15, -0.1) is 11.3 Å². The molecule has 2 aromatic rings. The lowest BCUT2D eigenvalue weighted by atomic mass is 10.2. The molecule has 0 fully saturated rings. The molecule has 140 valence electrons. The summed E-state index contributed by atoms with van der Waals surface area (Å²) in [5, 5.41) is 7.06. The second-order valence-electron chi connectivity index (χ2n) is 5.79. The molecule has 26 heavy (non-hydrogen) atoms. The average Bonchev–Trinajstić information content (AvgIpc) is 3.14. The van der Waals surface area contributed by atoms with Gasteiger partial charge in [0, 0.05) is 20.6 Å². The second-order valence-corrected chi connectivity index (χ2v) is 8.85. The van der Waals surface area contributed by atoms with Gasteiger partial charge < -0.3 is 10.6 Å². The van der Waals surface area contributed by atoms with E-state index in [-0.39, 0.29) is 17.3 Å². The van der Waals surface area contributed by atoms with Gasteiger partial charge in [0.05, 0.1) is 9.77 Å². The molecular weight excluding hydrogens is 374 g/mol. The van der Waals surface area contributed by atoms with E-state index in [1.807, 2.05) is 0 Å². The van der Waals surface area contributed by atoms with Gasteiger partial charge in [-0.25, -0.2) is 12.7 Å². The fourth-order valence-electron chi connectivity index (χ4n) is 2.17. The van der Waals surface area contributed by atoms with Crippen LogP contribution in [0.3, 0.4) is 0 Å². The molecular formula is C17H21N3O4S2. The SMILES string of the molecule is CC(NC(=O)c1cccs1)C(=O)NCc1ccccc1S(=O)(=O)N(C)C. The summed E-state index contributed by atoms with van der Waals surface area (Å²) in [7, 11) is -0.708. The van der Waals surface area contributed by atoms with E-state index >= 15 is 0 Å². The number of sulfonamides is 1. The Balaban J connectivity index is 2.03. The summed E-state index contributed by atoms with van der Waals surface area (Å²) in [5.41, 5.74) is 0.478. The molecule has 2 amide bonds. The summed E-state index contributed by atoms with van der Waals surface area (Å²) in [5.74, 6) is -0.717. The third-order valence-corrected chi connectivity index (χ3v) is 6.45. The molecule has 1 atom stereocenters. The minimum Gasteiger partial charge on any atom is -0.350 e. The van der Waals surface area contributed by atoms with Gasteiger partial charge >= 0.3 is 0 Å². The molecule has 0 spiro atoms. The van der Waals surface area contributed by atoms with Crippen molar-refractivity contribution in [1.82, 2.24) is 14.9 Å². The van der Waals surface area contributed by atoms with Crippen LogP contribution < -0.4 is 10.6 Å². The minimum atomic E-state index is -3.61. The molecule has 0 radical (unpaired) electrons. The lowest BCUT2D eigenvalue weighted by Crippen LogP contribution is -2.44. The molecule has 2 rings (SSSR count). The van der Waals surface area contributed by atoms with E-state index in [9.17, 15) is 18.0 Å². The maximum atomic E-state index is 12.4. The monoisotopic (exact) mass is 395 g/mol. The topological polar surface area (TPSA) is 95.6 Å². The Bertz CT molecular complexity index is 877. The van der Waals surface area contributed by atoms with Crippen molar-refractivity contribution in [2.24, 2.45) is 0 Å². The first-order valence-electron chi connectivity index (χ1n) is 7.86. The van der Waals surface area contributed by atoms with E-state index in [1.54, 1.807) is 42.6 Å². The molecule has 1 unspecified atom stereocenters. The molecule has 0 saturated carbocycles. The summed E-state index contributed by atoms with van der Waals surface area (Å²) >= 11 is 1.29. The van der Waals surface area contributed by atoms with E-state index in [0.29, 0.717) is 10.4 Å². The lowest BCUT2D eigenvalue weighted by Gasteiger charge is -2.17. The highest BCUT2D eigenvalue weighted by Gasteiger charge is 2.22. The van der Waals surface area contributed by atoms with Crippen LogP contribution in [0.4, 0.5) is 0 Å². The van der Waals surface area contributed by atoms with Crippen LogP contribution in [0.25, 0.3) is 0 Å². The van der Waals surface area contributed by atoms with Crippen molar-refractivity contribution in [1.29, 1.82) is 0 Å². The molecule has 0 aliphatic rings. The maximum Gasteiger partial charge on any atom is 0.261 e. The number of hydrogen-bond donors (Lipinski definition) is 2. The van der Waals surface area contributed by atoms with Gasteiger partial charge in [-0.3, -0.25) is 9.59 Å². The number of thiophene rings is 1. The highest BCUT2D eigenvalue weighted by atomic mass is 32.2. The van der Waals surface area contributed by atoms with E-state index in [0.717, 1.165) is 4.31 Å². The van der Waals surface area contributed by atoms with Crippen LogP contribution in [-0.4, -0.2) is 44.7 Å². The zero-order valence-corrected chi connectivity index (χ0v) is 16.4. The first kappa shape index (κ1) is 20.1. The van der Waals surface area contributed by atoms with Crippen LogP contribution in [0.1, 0.15) is 22.2 Å². The van der Waals surface area contributed by atoms with Gasteiger partial charge in [-0.05, 0) is 30.0 Å². The molecule has 0 saturated heterocycles. The number of benzene rings is 1. The predicted octanol–water partition coefficient (Wildman–Crippen LogP) is 1.43. The van der Waals surface area contributed by atoms with Crippen molar-refractivity contribution in [3.05, 3.63) is 52.2 Å². The van der Waals surface area contributed by atoms with Crippen molar-refractivity contribution in [2.45, 2.75) is 24.4 Å². The van der Waals surface area contributed by atoms with Crippen LogP contribution >= 0.6 is 11.3 Å². The van der Waals surface area contributed by atoms with Crippen LogP contribution in [0.2, 0.25) is 0 Å². The smallest absolute Gasteiger partial charge is 0.261 e. The highest BCUT2D eigenvalue weighted by molar-refractivity contribution is 7.89. The number of hydrogen-bond acceptors (Lipinski definition) is 5. The summed E-state index contributed by atoms with van der Waals surface area (Å²) < 4.78 is 25.9. The first-order chi connectivity index (χ1) is 12.2. The first-order valence-corrected chi connectivity index (χ1v) is 10.2. The Hall–Kier alpha value is -2.23. The summed E-state index contributed by atoms with van der Waals surface area (Å²) in [6.07, 6.45) is 0. The molecule has 0 aliphatic carbocycles. The number of carbonyl (C=O) groups is 2. The lowest BCUT2D eigenvalue weighted by molar-refractivity contribution is -0.122. The van der Waals surface area contributed by atoms with Crippen LogP contribution in [-0.2, 0) is 21.4 Å². The molecule has 0 bridgehead atoms. The Morgan fingerprint density at radius 1 is 1.15 bits per heavy atom. The number of nitrogens with one attached hydrogen (secondary N) is 2. The average molecular weight is 396 g/mol. The molecule has 1 heterocycles.